The number of nitrogens with one attached hydrogen (secondary N) is 1. The molecule has 0 aliphatic carbocycles. The van der Waals surface area contributed by atoms with E-state index in [-0.39, 0.29) is 11.9 Å². The van der Waals surface area contributed by atoms with Crippen molar-refractivity contribution in [2.75, 3.05) is 14.2 Å². The number of methoxy groups -OCH3 is 2. The van der Waals surface area contributed by atoms with Crippen molar-refractivity contribution in [3.8, 4) is 11.5 Å². The van der Waals surface area contributed by atoms with E-state index in [9.17, 15) is 4.79 Å². The van der Waals surface area contributed by atoms with Crippen molar-refractivity contribution in [3.05, 3.63) is 58.7 Å². The summed E-state index contributed by atoms with van der Waals surface area (Å²) in [6.45, 7) is 6.17. The molecule has 2 rings (SSSR count). The Morgan fingerprint density at radius 3 is 2.40 bits per heavy atom. The van der Waals surface area contributed by atoms with Crippen molar-refractivity contribution in [3.63, 3.8) is 0 Å². The number of amides is 1. The maximum Gasteiger partial charge on any atom is 0.220 e. The van der Waals surface area contributed by atoms with Gasteiger partial charge in [0, 0.05) is 6.42 Å². The molecule has 0 aliphatic rings. The topological polar surface area (TPSA) is 47.6 Å². The third kappa shape index (κ3) is 4.99. The summed E-state index contributed by atoms with van der Waals surface area (Å²) in [5.74, 6) is 1.42. The first-order valence-corrected chi connectivity index (χ1v) is 8.52. The minimum Gasteiger partial charge on any atom is -0.493 e. The van der Waals surface area contributed by atoms with Crippen LogP contribution in [0.15, 0.2) is 36.4 Å². The highest BCUT2D eigenvalue weighted by Gasteiger charge is 2.12. The molecule has 1 N–H and O–H groups in total. The van der Waals surface area contributed by atoms with Gasteiger partial charge in [-0.3, -0.25) is 4.79 Å². The van der Waals surface area contributed by atoms with Crippen molar-refractivity contribution in [1.82, 2.24) is 5.32 Å². The van der Waals surface area contributed by atoms with E-state index in [2.05, 4.69) is 37.4 Å². The summed E-state index contributed by atoms with van der Waals surface area (Å²) in [4.78, 5) is 12.3. The number of aryl methyl sites for hydroxylation is 3. The van der Waals surface area contributed by atoms with Crippen LogP contribution in [0.5, 0.6) is 11.5 Å². The van der Waals surface area contributed by atoms with Crippen LogP contribution in [0.25, 0.3) is 0 Å². The van der Waals surface area contributed by atoms with Gasteiger partial charge in [-0.2, -0.15) is 0 Å². The van der Waals surface area contributed by atoms with E-state index in [1.54, 1.807) is 14.2 Å². The molecule has 0 aromatic heterocycles. The van der Waals surface area contributed by atoms with Crippen LogP contribution in [0.3, 0.4) is 0 Å². The Hall–Kier alpha value is -2.49. The minimum absolute atomic E-state index is 0.00139. The van der Waals surface area contributed by atoms with E-state index in [0.29, 0.717) is 24.3 Å². The molecule has 134 valence electrons. The van der Waals surface area contributed by atoms with Crippen LogP contribution in [0.2, 0.25) is 0 Å². The second-order valence-electron chi connectivity index (χ2n) is 6.34. The smallest absolute Gasteiger partial charge is 0.220 e. The van der Waals surface area contributed by atoms with Gasteiger partial charge in [-0.15, -0.1) is 0 Å². The Balaban J connectivity index is 1.94. The number of hydrogen-bond donors (Lipinski definition) is 1. The van der Waals surface area contributed by atoms with Gasteiger partial charge in [-0.1, -0.05) is 29.8 Å². The molecule has 0 unspecified atom stereocenters. The fourth-order valence-corrected chi connectivity index (χ4v) is 3.00. The van der Waals surface area contributed by atoms with Crippen molar-refractivity contribution in [2.45, 2.75) is 39.7 Å². The SMILES string of the molecule is COc1ccc(CCC(=O)N[C@H](C)c2ccc(C)cc2C)cc1OC. The van der Waals surface area contributed by atoms with Crippen molar-refractivity contribution >= 4 is 5.91 Å². The van der Waals surface area contributed by atoms with Crippen molar-refractivity contribution < 1.29 is 14.3 Å². The number of carbonyl (C=O) groups is 1. The molecule has 2 aromatic carbocycles. The quantitative estimate of drug-likeness (QED) is 0.824. The molecule has 0 spiro atoms. The van der Waals surface area contributed by atoms with Crippen molar-refractivity contribution in [2.24, 2.45) is 0 Å². The molecule has 0 heterocycles. The van der Waals surface area contributed by atoms with Gasteiger partial charge in [0.05, 0.1) is 20.3 Å². The zero-order valence-electron chi connectivity index (χ0n) is 15.7. The Kier molecular flexibility index (Phi) is 6.45. The summed E-state index contributed by atoms with van der Waals surface area (Å²) in [5, 5.41) is 3.08. The highest BCUT2D eigenvalue weighted by molar-refractivity contribution is 5.76. The molecule has 0 radical (unpaired) electrons. The lowest BCUT2D eigenvalue weighted by Crippen LogP contribution is -2.27. The minimum atomic E-state index is -0.00139. The second-order valence-corrected chi connectivity index (χ2v) is 6.34. The Morgan fingerprint density at radius 1 is 1.04 bits per heavy atom. The predicted molar refractivity (Wildman–Crippen MR) is 100 cm³/mol. The molecule has 25 heavy (non-hydrogen) atoms. The highest BCUT2D eigenvalue weighted by atomic mass is 16.5. The van der Waals surface area contributed by atoms with Crippen LogP contribution in [0.4, 0.5) is 0 Å². The van der Waals surface area contributed by atoms with Crippen LogP contribution in [0.1, 0.15) is 41.6 Å². The summed E-state index contributed by atoms with van der Waals surface area (Å²) in [6.07, 6.45) is 1.09. The monoisotopic (exact) mass is 341 g/mol. The van der Waals surface area contributed by atoms with E-state index in [4.69, 9.17) is 9.47 Å². The van der Waals surface area contributed by atoms with Gasteiger partial charge in [0.25, 0.3) is 0 Å². The lowest BCUT2D eigenvalue weighted by atomic mass is 10.00. The summed E-state index contributed by atoms with van der Waals surface area (Å²) < 4.78 is 10.5. The molecule has 1 amide bonds. The molecule has 1 atom stereocenters. The molecule has 2 aromatic rings. The average molecular weight is 341 g/mol. The summed E-state index contributed by atoms with van der Waals surface area (Å²) in [7, 11) is 3.22. The molecule has 0 fully saturated rings. The lowest BCUT2D eigenvalue weighted by molar-refractivity contribution is -0.121. The first kappa shape index (κ1) is 18.8. The van der Waals surface area contributed by atoms with E-state index < -0.39 is 0 Å². The first-order valence-electron chi connectivity index (χ1n) is 8.52. The van der Waals surface area contributed by atoms with Gasteiger partial charge in [0.2, 0.25) is 5.91 Å². The summed E-state index contributed by atoms with van der Waals surface area (Å²) in [6, 6.07) is 12.0. The first-order chi connectivity index (χ1) is 11.9. The third-order valence-corrected chi connectivity index (χ3v) is 4.36. The normalized spacial score (nSPS) is 11.7. The van der Waals surface area contributed by atoms with E-state index >= 15 is 0 Å². The third-order valence-electron chi connectivity index (χ3n) is 4.36. The van der Waals surface area contributed by atoms with Gasteiger partial charge in [0.15, 0.2) is 11.5 Å². The number of ether oxygens (including phenoxy) is 2. The molecular weight excluding hydrogens is 314 g/mol. The molecule has 0 saturated heterocycles. The standard InChI is InChI=1S/C21H27NO3/c1-14-6-9-18(15(2)12-14)16(3)22-21(23)11-8-17-7-10-19(24-4)20(13-17)25-5/h6-7,9-10,12-13,16H,8,11H2,1-5H3,(H,22,23)/t16-/m1/s1. The van der Waals surface area contributed by atoms with E-state index in [0.717, 1.165) is 11.1 Å². The molecule has 4 nitrogen and oxygen atoms in total. The van der Waals surface area contributed by atoms with Crippen LogP contribution < -0.4 is 14.8 Å². The number of carbonyl (C=O) groups excluding carboxylic acids is 1. The molecule has 0 saturated carbocycles. The maximum atomic E-state index is 12.3. The fraction of sp³-hybridized carbons (Fsp3) is 0.381. The summed E-state index contributed by atoms with van der Waals surface area (Å²) in [5.41, 5.74) is 4.64. The van der Waals surface area contributed by atoms with E-state index in [1.807, 2.05) is 25.1 Å². The van der Waals surface area contributed by atoms with Crippen LogP contribution in [0, 0.1) is 13.8 Å². The Bertz CT molecular complexity index is 740. The number of benzene rings is 2. The van der Waals surface area contributed by atoms with Crippen LogP contribution in [-0.4, -0.2) is 20.1 Å². The van der Waals surface area contributed by atoms with Gasteiger partial charge in [-0.05, 0) is 56.0 Å². The zero-order valence-corrected chi connectivity index (χ0v) is 15.7. The predicted octanol–water partition coefficient (Wildman–Crippen LogP) is 4.13. The lowest BCUT2D eigenvalue weighted by Gasteiger charge is -2.17. The average Bonchev–Trinajstić information content (AvgIpc) is 2.59. The van der Waals surface area contributed by atoms with Crippen LogP contribution >= 0.6 is 0 Å². The van der Waals surface area contributed by atoms with Gasteiger partial charge >= 0.3 is 0 Å². The molecular formula is C21H27NO3. The Labute approximate surface area is 150 Å². The van der Waals surface area contributed by atoms with Gasteiger partial charge < -0.3 is 14.8 Å². The maximum absolute atomic E-state index is 12.3. The Morgan fingerprint density at radius 2 is 1.76 bits per heavy atom. The second kappa shape index (κ2) is 8.56. The van der Waals surface area contributed by atoms with Crippen molar-refractivity contribution in [1.29, 1.82) is 0 Å². The zero-order chi connectivity index (χ0) is 18.4. The highest BCUT2D eigenvalue weighted by Crippen LogP contribution is 2.28. The van der Waals surface area contributed by atoms with Gasteiger partial charge in [-0.25, -0.2) is 0 Å². The van der Waals surface area contributed by atoms with Crippen LogP contribution in [-0.2, 0) is 11.2 Å². The summed E-state index contributed by atoms with van der Waals surface area (Å²) >= 11 is 0. The van der Waals surface area contributed by atoms with Gasteiger partial charge in [0.1, 0.15) is 0 Å². The molecule has 0 bridgehead atoms. The molecule has 0 aliphatic heterocycles. The largest absolute Gasteiger partial charge is 0.493 e. The number of hydrogen-bond acceptors (Lipinski definition) is 3. The number of rotatable bonds is 7. The fourth-order valence-electron chi connectivity index (χ4n) is 3.00. The van der Waals surface area contributed by atoms with E-state index in [1.165, 1.54) is 11.1 Å². The molecule has 4 heteroatoms.